The number of pyridine rings is 1. The molecule has 17 nitrogen and oxygen atoms in total. The number of halogens is 1. The number of fused-ring (bicyclic) bond motifs is 1. The SMILES string of the molecule is CCc1cccc(-c2cnc(C(=O)N3CCC(CN4CCN(CC(=O)N5CCN(C(=O)c6cc(Cc7n[nH]c(=O)c8ccccc78)ccc6F)CC5)CC4)CC3)c(NC(=O)CNCc3ccncn3)c2)c1. The van der Waals surface area contributed by atoms with E-state index in [1.165, 1.54) is 18.0 Å². The van der Waals surface area contributed by atoms with Gasteiger partial charge in [-0.05, 0) is 72.2 Å². The first-order valence-corrected chi connectivity index (χ1v) is 24.5. The molecule has 0 spiro atoms. The van der Waals surface area contributed by atoms with Crippen LogP contribution in [0.2, 0.25) is 0 Å². The third kappa shape index (κ3) is 12.0. The highest BCUT2D eigenvalue weighted by molar-refractivity contribution is 6.03. The highest BCUT2D eigenvalue weighted by Crippen LogP contribution is 2.28. The molecule has 3 aliphatic heterocycles. The highest BCUT2D eigenvalue weighted by atomic mass is 19.1. The van der Waals surface area contributed by atoms with E-state index in [1.54, 1.807) is 52.5 Å². The van der Waals surface area contributed by atoms with Crippen molar-refractivity contribution in [1.29, 1.82) is 0 Å². The third-order valence-electron chi connectivity index (χ3n) is 13.8. The standard InChI is InChI=1S/C53H59FN12O5/c1-2-36-6-5-7-39(26-36)40-29-47(59-48(67)32-56-31-41-12-15-55-35-58-41)50(57-30-40)53(71)65-16-13-37(14-17-65)33-62-18-20-63(21-19-62)34-49(68)64-22-24-66(25-23-64)52(70)44-27-38(10-11-45(44)54)28-46-42-8-3-4-9-43(42)51(69)61-60-46/h3-12,15,26-27,29-30,35,37,56H,2,13-14,16-25,28,31-34H2,1H3,(H,59,67)(H,61,69). The average molecular weight is 963 g/mol. The van der Waals surface area contributed by atoms with Crippen LogP contribution in [-0.2, 0) is 29.0 Å². The quantitative estimate of drug-likeness (QED) is 0.133. The number of piperazine rings is 2. The van der Waals surface area contributed by atoms with Crippen molar-refractivity contribution in [3.63, 3.8) is 0 Å². The predicted octanol–water partition coefficient (Wildman–Crippen LogP) is 4.25. The first-order valence-electron chi connectivity index (χ1n) is 24.5. The van der Waals surface area contributed by atoms with Crippen LogP contribution in [0.25, 0.3) is 21.9 Å². The monoisotopic (exact) mass is 962 g/mol. The van der Waals surface area contributed by atoms with Gasteiger partial charge in [-0.2, -0.15) is 5.10 Å². The number of aromatic nitrogens is 5. The molecule has 0 radical (unpaired) electrons. The van der Waals surface area contributed by atoms with Gasteiger partial charge in [-0.1, -0.05) is 55.5 Å². The van der Waals surface area contributed by atoms with E-state index in [0.717, 1.165) is 68.8 Å². The molecule has 3 saturated heterocycles. The Labute approximate surface area is 411 Å². The molecule has 3 N–H and O–H groups in total. The Balaban J connectivity index is 0.721. The maximum Gasteiger partial charge on any atom is 0.274 e. The minimum absolute atomic E-state index is 0.0178. The molecule has 0 saturated carbocycles. The number of nitrogens with zero attached hydrogens (tertiary/aromatic N) is 9. The first kappa shape index (κ1) is 48.7. The first-order chi connectivity index (χ1) is 34.6. The Morgan fingerprint density at radius 2 is 1.49 bits per heavy atom. The van der Waals surface area contributed by atoms with Crippen molar-refractivity contribution < 1.29 is 23.6 Å². The largest absolute Gasteiger partial charge is 0.338 e. The van der Waals surface area contributed by atoms with Gasteiger partial charge >= 0.3 is 0 Å². The lowest BCUT2D eigenvalue weighted by molar-refractivity contribution is -0.134. The molecule has 3 aromatic heterocycles. The van der Waals surface area contributed by atoms with Crippen LogP contribution in [0.5, 0.6) is 0 Å². The number of H-pyrrole nitrogens is 1. The van der Waals surface area contributed by atoms with Crippen LogP contribution < -0.4 is 16.2 Å². The summed E-state index contributed by atoms with van der Waals surface area (Å²) in [6.07, 6.45) is 7.69. The molecule has 9 rings (SSSR count). The molecule has 3 aliphatic rings. The summed E-state index contributed by atoms with van der Waals surface area (Å²) in [6.45, 7) is 9.43. The van der Waals surface area contributed by atoms with Gasteiger partial charge in [-0.15, -0.1) is 0 Å². The number of aryl methyl sites for hydroxylation is 1. The van der Waals surface area contributed by atoms with Gasteiger partial charge in [0.2, 0.25) is 11.8 Å². The number of anilines is 1. The molecule has 0 unspecified atom stereocenters. The molecule has 0 atom stereocenters. The van der Waals surface area contributed by atoms with Crippen molar-refractivity contribution in [1.82, 2.24) is 55.0 Å². The smallest absolute Gasteiger partial charge is 0.274 e. The number of rotatable bonds is 15. The zero-order valence-electron chi connectivity index (χ0n) is 40.0. The van der Waals surface area contributed by atoms with Crippen LogP contribution in [0.3, 0.4) is 0 Å². The van der Waals surface area contributed by atoms with Gasteiger partial charge in [0, 0.05) is 108 Å². The van der Waals surface area contributed by atoms with Crippen molar-refractivity contribution in [2.45, 2.75) is 39.2 Å². The van der Waals surface area contributed by atoms with Crippen molar-refractivity contribution >= 4 is 40.1 Å². The van der Waals surface area contributed by atoms with Gasteiger partial charge in [-0.25, -0.2) is 24.4 Å². The minimum atomic E-state index is -0.613. The third-order valence-corrected chi connectivity index (χ3v) is 13.8. The van der Waals surface area contributed by atoms with Gasteiger partial charge in [0.25, 0.3) is 17.4 Å². The molecule has 4 amide bonds. The molecule has 6 aromatic rings. The molecular formula is C53H59FN12O5. The maximum atomic E-state index is 15.1. The van der Waals surface area contributed by atoms with E-state index in [-0.39, 0.29) is 41.1 Å². The van der Waals surface area contributed by atoms with Gasteiger partial charge < -0.3 is 30.2 Å². The minimum Gasteiger partial charge on any atom is -0.338 e. The van der Waals surface area contributed by atoms with Crippen LogP contribution in [-0.4, -0.2) is 158 Å². The molecule has 3 fully saturated rings. The topological polar surface area (TPSA) is 193 Å². The van der Waals surface area contributed by atoms with E-state index >= 15 is 4.39 Å². The summed E-state index contributed by atoms with van der Waals surface area (Å²) in [5.74, 6) is -1.11. The summed E-state index contributed by atoms with van der Waals surface area (Å²) >= 11 is 0. The van der Waals surface area contributed by atoms with Gasteiger partial charge in [0.1, 0.15) is 12.1 Å². The van der Waals surface area contributed by atoms with Crippen molar-refractivity contribution in [2.24, 2.45) is 5.92 Å². The normalized spacial score (nSPS) is 16.1. The number of carbonyl (C=O) groups is 4. The zero-order valence-corrected chi connectivity index (χ0v) is 40.0. The Kier molecular flexibility index (Phi) is 15.5. The number of amides is 4. The van der Waals surface area contributed by atoms with E-state index in [2.05, 4.69) is 64.6 Å². The Morgan fingerprint density at radius 3 is 2.25 bits per heavy atom. The lowest BCUT2D eigenvalue weighted by atomic mass is 9.95. The van der Waals surface area contributed by atoms with Gasteiger partial charge in [-0.3, -0.25) is 28.9 Å². The number of nitrogens with one attached hydrogen (secondary N) is 3. The van der Waals surface area contributed by atoms with Crippen molar-refractivity contribution in [3.05, 3.63) is 148 Å². The molecule has 3 aromatic carbocycles. The predicted molar refractivity (Wildman–Crippen MR) is 267 cm³/mol. The van der Waals surface area contributed by atoms with E-state index in [1.807, 2.05) is 35.2 Å². The van der Waals surface area contributed by atoms with Crippen LogP contribution in [0, 0.1) is 11.7 Å². The zero-order chi connectivity index (χ0) is 49.3. The maximum absolute atomic E-state index is 15.1. The number of aromatic amines is 1. The molecule has 368 valence electrons. The van der Waals surface area contributed by atoms with E-state index in [9.17, 15) is 24.0 Å². The van der Waals surface area contributed by atoms with E-state index in [4.69, 9.17) is 0 Å². The Hall–Kier alpha value is -7.28. The van der Waals surface area contributed by atoms with Gasteiger partial charge in [0.05, 0.1) is 41.1 Å². The number of carbonyl (C=O) groups excluding carboxylic acids is 4. The summed E-state index contributed by atoms with van der Waals surface area (Å²) < 4.78 is 15.1. The molecule has 6 heterocycles. The molecule has 71 heavy (non-hydrogen) atoms. The second kappa shape index (κ2) is 22.6. The summed E-state index contributed by atoms with van der Waals surface area (Å²) in [6, 6.07) is 23.4. The average Bonchev–Trinajstić information content (AvgIpc) is 3.40. The number of likely N-dealkylation sites (tertiary alicyclic amines) is 1. The highest BCUT2D eigenvalue weighted by Gasteiger charge is 2.31. The van der Waals surface area contributed by atoms with Crippen molar-refractivity contribution in [2.75, 3.05) is 90.4 Å². The fourth-order valence-electron chi connectivity index (χ4n) is 9.71. The number of hydrogen-bond donors (Lipinski definition) is 3. The van der Waals surface area contributed by atoms with Crippen LogP contribution in [0.1, 0.15) is 63.1 Å². The fourth-order valence-corrected chi connectivity index (χ4v) is 9.71. The number of hydrogen-bond acceptors (Lipinski definition) is 12. The second-order valence-corrected chi connectivity index (χ2v) is 18.5. The summed E-state index contributed by atoms with van der Waals surface area (Å²) in [4.78, 5) is 89.3. The van der Waals surface area contributed by atoms with E-state index < -0.39 is 11.7 Å². The molecule has 18 heteroatoms. The summed E-state index contributed by atoms with van der Waals surface area (Å²) in [5.41, 5.74) is 5.29. The van der Waals surface area contributed by atoms with E-state index in [0.29, 0.717) is 92.4 Å². The lowest BCUT2D eigenvalue weighted by Crippen LogP contribution is -2.55. The number of piperidine rings is 1. The summed E-state index contributed by atoms with van der Waals surface area (Å²) in [5, 5.41) is 14.0. The molecular weight excluding hydrogens is 904 g/mol. The second-order valence-electron chi connectivity index (χ2n) is 18.5. The van der Waals surface area contributed by atoms with Gasteiger partial charge in [0.15, 0.2) is 5.69 Å². The molecule has 0 aliphatic carbocycles. The fraction of sp³-hybridized carbons (Fsp3) is 0.377. The van der Waals surface area contributed by atoms with Crippen LogP contribution >= 0.6 is 0 Å². The summed E-state index contributed by atoms with van der Waals surface area (Å²) in [7, 11) is 0. The number of benzene rings is 3. The molecule has 0 bridgehead atoms. The van der Waals surface area contributed by atoms with Crippen LogP contribution in [0.15, 0.2) is 102 Å². The lowest BCUT2D eigenvalue weighted by Gasteiger charge is -2.40. The Morgan fingerprint density at radius 1 is 0.746 bits per heavy atom. The van der Waals surface area contributed by atoms with Crippen LogP contribution in [0.4, 0.5) is 10.1 Å². The Bertz CT molecular complexity index is 2930. The van der Waals surface area contributed by atoms with Crippen molar-refractivity contribution in [3.8, 4) is 11.1 Å².